The van der Waals surface area contributed by atoms with Crippen molar-refractivity contribution in [3.05, 3.63) is 35.6 Å². The summed E-state index contributed by atoms with van der Waals surface area (Å²) in [6.45, 7) is 0.477. The molecule has 1 atom stereocenters. The number of hydrogen-bond acceptors (Lipinski definition) is 3. The van der Waals surface area contributed by atoms with Gasteiger partial charge in [-0.25, -0.2) is 4.39 Å². The Hall–Kier alpha value is -1.95. The van der Waals surface area contributed by atoms with Crippen LogP contribution in [0.15, 0.2) is 24.3 Å². The Bertz CT molecular complexity index is 556. The van der Waals surface area contributed by atoms with Crippen molar-refractivity contribution in [2.45, 2.75) is 38.1 Å². The van der Waals surface area contributed by atoms with Crippen LogP contribution in [-0.2, 0) is 9.59 Å². The molecule has 1 aliphatic carbocycles. The number of carbonyl (C=O) groups excluding carboxylic acids is 1. The summed E-state index contributed by atoms with van der Waals surface area (Å²) in [5, 5.41) is 11.8. The van der Waals surface area contributed by atoms with E-state index in [0.717, 1.165) is 31.2 Å². The quantitative estimate of drug-likeness (QED) is 0.765. The van der Waals surface area contributed by atoms with Crippen molar-refractivity contribution in [2.75, 3.05) is 20.1 Å². The van der Waals surface area contributed by atoms with E-state index < -0.39 is 5.97 Å². The number of amides is 1. The lowest BCUT2D eigenvalue weighted by molar-refractivity contribution is -0.137. The highest BCUT2D eigenvalue weighted by molar-refractivity contribution is 5.78. The number of halogens is 1. The van der Waals surface area contributed by atoms with Crippen molar-refractivity contribution >= 4 is 11.9 Å². The monoisotopic (exact) mass is 336 g/mol. The molecule has 1 unspecified atom stereocenters. The summed E-state index contributed by atoms with van der Waals surface area (Å²) in [4.78, 5) is 24.6. The van der Waals surface area contributed by atoms with Gasteiger partial charge in [-0.3, -0.25) is 14.5 Å². The average Bonchev–Trinajstić information content (AvgIpc) is 3.06. The summed E-state index contributed by atoms with van der Waals surface area (Å²) in [6.07, 6.45) is 4.41. The topological polar surface area (TPSA) is 69.6 Å². The summed E-state index contributed by atoms with van der Waals surface area (Å²) in [5.74, 6) is -0.936. The van der Waals surface area contributed by atoms with Crippen LogP contribution in [0.5, 0.6) is 0 Å². The lowest BCUT2D eigenvalue weighted by atomic mass is 9.91. The van der Waals surface area contributed by atoms with Crippen molar-refractivity contribution in [1.82, 2.24) is 10.2 Å². The first-order chi connectivity index (χ1) is 11.5. The second kappa shape index (κ2) is 8.78. The van der Waals surface area contributed by atoms with E-state index in [-0.39, 0.29) is 30.7 Å². The molecule has 5 nitrogen and oxygen atoms in total. The normalized spacial score (nSPS) is 16.3. The summed E-state index contributed by atoms with van der Waals surface area (Å²) in [5.41, 5.74) is 0.921. The largest absolute Gasteiger partial charge is 0.481 e. The molecule has 2 N–H and O–H groups in total. The van der Waals surface area contributed by atoms with E-state index in [1.54, 1.807) is 24.1 Å². The Kier molecular flexibility index (Phi) is 6.73. The second-order valence-corrected chi connectivity index (χ2v) is 6.52. The molecular weight excluding hydrogens is 311 g/mol. The molecule has 2 rings (SSSR count). The molecule has 6 heteroatoms. The van der Waals surface area contributed by atoms with Crippen LogP contribution in [0.4, 0.5) is 4.39 Å². The number of hydrogen-bond donors (Lipinski definition) is 2. The molecule has 1 aliphatic rings. The predicted octanol–water partition coefficient (Wildman–Crippen LogP) is 2.58. The maximum Gasteiger partial charge on any atom is 0.304 e. The highest BCUT2D eigenvalue weighted by atomic mass is 19.1. The van der Waals surface area contributed by atoms with Crippen molar-refractivity contribution in [3.8, 4) is 0 Å². The SMILES string of the molecule is CN(CCC(=O)O)CC(=O)NC(c1ccc(F)cc1)C1CCCC1. The Morgan fingerprint density at radius 2 is 1.92 bits per heavy atom. The molecule has 0 aliphatic heterocycles. The molecule has 0 heterocycles. The number of nitrogens with zero attached hydrogens (tertiary/aromatic N) is 1. The predicted molar refractivity (Wildman–Crippen MR) is 89.0 cm³/mol. The van der Waals surface area contributed by atoms with Gasteiger partial charge in [-0.1, -0.05) is 25.0 Å². The molecule has 0 aromatic heterocycles. The fraction of sp³-hybridized carbons (Fsp3) is 0.556. The van der Waals surface area contributed by atoms with Crippen LogP contribution in [-0.4, -0.2) is 42.0 Å². The Morgan fingerprint density at radius 3 is 2.50 bits per heavy atom. The number of carboxylic acid groups (broad SMARTS) is 1. The van der Waals surface area contributed by atoms with Crippen LogP contribution in [0, 0.1) is 11.7 Å². The van der Waals surface area contributed by atoms with E-state index >= 15 is 0 Å². The minimum Gasteiger partial charge on any atom is -0.481 e. The number of carboxylic acids is 1. The fourth-order valence-electron chi connectivity index (χ4n) is 3.26. The van der Waals surface area contributed by atoms with E-state index in [1.807, 2.05) is 0 Å². The Labute approximate surface area is 141 Å². The maximum atomic E-state index is 13.2. The lowest BCUT2D eigenvalue weighted by Crippen LogP contribution is -2.39. The van der Waals surface area contributed by atoms with Crippen LogP contribution in [0.25, 0.3) is 0 Å². The molecule has 0 spiro atoms. The van der Waals surface area contributed by atoms with Gasteiger partial charge in [0.25, 0.3) is 0 Å². The molecule has 0 saturated heterocycles. The molecule has 132 valence electrons. The first-order valence-corrected chi connectivity index (χ1v) is 8.41. The summed E-state index contributed by atoms with van der Waals surface area (Å²) >= 11 is 0. The third-order valence-electron chi connectivity index (χ3n) is 4.54. The van der Waals surface area contributed by atoms with Gasteiger partial charge in [0.2, 0.25) is 5.91 Å². The van der Waals surface area contributed by atoms with Crippen molar-refractivity contribution in [1.29, 1.82) is 0 Å². The van der Waals surface area contributed by atoms with Gasteiger partial charge in [-0.05, 0) is 43.5 Å². The van der Waals surface area contributed by atoms with Gasteiger partial charge in [0.05, 0.1) is 19.0 Å². The zero-order valence-corrected chi connectivity index (χ0v) is 14.0. The van der Waals surface area contributed by atoms with Gasteiger partial charge < -0.3 is 10.4 Å². The minimum atomic E-state index is -0.877. The van der Waals surface area contributed by atoms with Gasteiger partial charge in [0.1, 0.15) is 5.82 Å². The van der Waals surface area contributed by atoms with Crippen LogP contribution < -0.4 is 5.32 Å². The summed E-state index contributed by atoms with van der Waals surface area (Å²) in [6, 6.07) is 6.18. The minimum absolute atomic E-state index is 0.00773. The number of aliphatic carboxylic acids is 1. The molecule has 0 bridgehead atoms. The number of benzene rings is 1. The molecule has 1 saturated carbocycles. The van der Waals surface area contributed by atoms with Crippen LogP contribution >= 0.6 is 0 Å². The van der Waals surface area contributed by atoms with Crippen LogP contribution in [0.2, 0.25) is 0 Å². The van der Waals surface area contributed by atoms with Crippen LogP contribution in [0.3, 0.4) is 0 Å². The van der Waals surface area contributed by atoms with Gasteiger partial charge in [0.15, 0.2) is 0 Å². The van der Waals surface area contributed by atoms with Crippen molar-refractivity contribution in [3.63, 3.8) is 0 Å². The van der Waals surface area contributed by atoms with Crippen molar-refractivity contribution < 1.29 is 19.1 Å². The smallest absolute Gasteiger partial charge is 0.304 e. The molecular formula is C18H25FN2O3. The first-order valence-electron chi connectivity index (χ1n) is 8.41. The van der Waals surface area contributed by atoms with Gasteiger partial charge >= 0.3 is 5.97 Å². The van der Waals surface area contributed by atoms with Crippen LogP contribution in [0.1, 0.15) is 43.7 Å². The molecule has 1 amide bonds. The Balaban J connectivity index is 1.98. The van der Waals surface area contributed by atoms with E-state index in [9.17, 15) is 14.0 Å². The summed E-state index contributed by atoms with van der Waals surface area (Å²) < 4.78 is 13.2. The number of rotatable bonds is 8. The first kappa shape index (κ1) is 18.4. The van der Waals surface area contributed by atoms with E-state index in [4.69, 9.17) is 5.11 Å². The zero-order valence-electron chi connectivity index (χ0n) is 14.0. The van der Waals surface area contributed by atoms with Gasteiger partial charge in [0, 0.05) is 6.54 Å². The fourth-order valence-corrected chi connectivity index (χ4v) is 3.26. The van der Waals surface area contributed by atoms with Gasteiger partial charge in [-0.2, -0.15) is 0 Å². The molecule has 1 fully saturated rings. The van der Waals surface area contributed by atoms with E-state index in [1.165, 1.54) is 12.1 Å². The standard InChI is InChI=1S/C18H25FN2O3/c1-21(11-10-17(23)24)12-16(22)20-18(13-4-2-3-5-13)14-6-8-15(19)9-7-14/h6-9,13,18H,2-5,10-12H2,1H3,(H,20,22)(H,23,24). The summed E-state index contributed by atoms with van der Waals surface area (Å²) in [7, 11) is 1.73. The van der Waals surface area contributed by atoms with Gasteiger partial charge in [-0.15, -0.1) is 0 Å². The Morgan fingerprint density at radius 1 is 1.29 bits per heavy atom. The van der Waals surface area contributed by atoms with E-state index in [0.29, 0.717) is 12.5 Å². The molecule has 0 radical (unpaired) electrons. The average molecular weight is 336 g/mol. The maximum absolute atomic E-state index is 13.2. The number of carbonyl (C=O) groups is 2. The number of likely N-dealkylation sites (N-methyl/N-ethyl adjacent to an activating group) is 1. The third kappa shape index (κ3) is 5.60. The molecule has 24 heavy (non-hydrogen) atoms. The number of nitrogens with one attached hydrogen (secondary N) is 1. The second-order valence-electron chi connectivity index (χ2n) is 6.52. The molecule has 1 aromatic carbocycles. The van der Waals surface area contributed by atoms with Crippen molar-refractivity contribution in [2.24, 2.45) is 5.92 Å². The zero-order chi connectivity index (χ0) is 17.5. The highest BCUT2D eigenvalue weighted by Gasteiger charge is 2.28. The molecule has 1 aromatic rings. The highest BCUT2D eigenvalue weighted by Crippen LogP contribution is 2.35. The lowest BCUT2D eigenvalue weighted by Gasteiger charge is -2.26. The van der Waals surface area contributed by atoms with E-state index in [2.05, 4.69) is 5.32 Å². The third-order valence-corrected chi connectivity index (χ3v) is 4.54.